The van der Waals surface area contributed by atoms with Crippen LogP contribution < -0.4 is 5.32 Å². The van der Waals surface area contributed by atoms with Crippen LogP contribution in [0.4, 0.5) is 0 Å². The quantitative estimate of drug-likeness (QED) is 0.814. The Labute approximate surface area is 130 Å². The van der Waals surface area contributed by atoms with Gasteiger partial charge in [-0.2, -0.15) is 0 Å². The Balaban J connectivity index is 1.96. The van der Waals surface area contributed by atoms with Crippen molar-refractivity contribution >= 4 is 23.4 Å². The van der Waals surface area contributed by atoms with Crippen LogP contribution in [0.15, 0.2) is 58.3 Å². The van der Waals surface area contributed by atoms with E-state index in [0.717, 1.165) is 11.6 Å². The first-order valence-corrected chi connectivity index (χ1v) is 7.89. The Morgan fingerprint density at radius 3 is 1.90 bits per heavy atom. The van der Waals surface area contributed by atoms with Gasteiger partial charge in [-0.1, -0.05) is 35.5 Å². The molecule has 0 aliphatic carbocycles. The largest absolute Gasteiger partial charge is 0.308 e. The molecule has 0 aliphatic rings. The van der Waals surface area contributed by atoms with Gasteiger partial charge in [0.05, 0.1) is 0 Å². The Bertz CT molecular complexity index is 541. The van der Waals surface area contributed by atoms with Crippen LogP contribution in [-0.4, -0.2) is 5.54 Å². The van der Waals surface area contributed by atoms with Gasteiger partial charge in [-0.3, -0.25) is 0 Å². The highest BCUT2D eigenvalue weighted by atomic mass is 35.5. The van der Waals surface area contributed by atoms with Gasteiger partial charge in [0, 0.05) is 26.9 Å². The zero-order valence-corrected chi connectivity index (χ0v) is 13.7. The molecule has 2 aromatic rings. The topological polar surface area (TPSA) is 12.0 Å². The fourth-order valence-electron chi connectivity index (χ4n) is 1.68. The van der Waals surface area contributed by atoms with Gasteiger partial charge in [-0.15, -0.1) is 0 Å². The summed E-state index contributed by atoms with van der Waals surface area (Å²) >= 11 is 7.64. The van der Waals surface area contributed by atoms with Gasteiger partial charge in [0.15, 0.2) is 0 Å². The average molecular weight is 306 g/mol. The van der Waals surface area contributed by atoms with Crippen molar-refractivity contribution in [3.05, 3.63) is 59.1 Å². The van der Waals surface area contributed by atoms with Crippen LogP contribution in [0.1, 0.15) is 26.3 Å². The molecule has 0 unspecified atom stereocenters. The first-order valence-electron chi connectivity index (χ1n) is 6.70. The lowest BCUT2D eigenvalue weighted by atomic mass is 10.1. The molecule has 0 spiro atoms. The molecule has 0 heterocycles. The molecule has 2 aromatic carbocycles. The van der Waals surface area contributed by atoms with E-state index in [9.17, 15) is 0 Å². The van der Waals surface area contributed by atoms with Gasteiger partial charge in [-0.05, 0) is 62.7 Å². The molecule has 0 aromatic heterocycles. The molecular weight excluding hydrogens is 286 g/mol. The van der Waals surface area contributed by atoms with Crippen molar-refractivity contribution in [2.75, 3.05) is 0 Å². The van der Waals surface area contributed by atoms with E-state index in [0.29, 0.717) is 0 Å². The molecule has 1 nitrogen and oxygen atoms in total. The summed E-state index contributed by atoms with van der Waals surface area (Å²) in [4.78, 5) is 2.45. The highest BCUT2D eigenvalue weighted by Gasteiger charge is 2.08. The van der Waals surface area contributed by atoms with Crippen molar-refractivity contribution in [3.8, 4) is 0 Å². The van der Waals surface area contributed by atoms with E-state index in [1.807, 2.05) is 24.3 Å². The van der Waals surface area contributed by atoms with Gasteiger partial charge in [0.1, 0.15) is 0 Å². The molecule has 2 rings (SSSR count). The van der Waals surface area contributed by atoms with E-state index in [1.165, 1.54) is 15.4 Å². The number of benzene rings is 2. The first-order chi connectivity index (χ1) is 9.42. The molecular formula is C17H20ClNS. The molecule has 20 heavy (non-hydrogen) atoms. The molecule has 0 radical (unpaired) electrons. The van der Waals surface area contributed by atoms with Gasteiger partial charge < -0.3 is 5.32 Å². The van der Waals surface area contributed by atoms with Crippen molar-refractivity contribution < 1.29 is 0 Å². The third-order valence-corrected chi connectivity index (χ3v) is 4.06. The third kappa shape index (κ3) is 5.20. The second kappa shape index (κ2) is 6.66. The Morgan fingerprint density at radius 2 is 1.40 bits per heavy atom. The number of hydrogen-bond donors (Lipinski definition) is 1. The van der Waals surface area contributed by atoms with Gasteiger partial charge in [0.2, 0.25) is 0 Å². The van der Waals surface area contributed by atoms with Gasteiger partial charge >= 0.3 is 0 Å². The number of rotatable bonds is 4. The number of nitrogens with one attached hydrogen (secondary N) is 1. The standard InChI is InChI=1S/C17H20ClNS/c1-17(2,3)19-12-13-4-8-15(9-5-13)20-16-10-6-14(18)7-11-16/h4-11,19H,12H2,1-3H3. The first kappa shape index (κ1) is 15.4. The Morgan fingerprint density at radius 1 is 0.900 bits per heavy atom. The van der Waals surface area contributed by atoms with E-state index in [-0.39, 0.29) is 5.54 Å². The van der Waals surface area contributed by atoms with Gasteiger partial charge in [-0.25, -0.2) is 0 Å². The van der Waals surface area contributed by atoms with Gasteiger partial charge in [0.25, 0.3) is 0 Å². The highest BCUT2D eigenvalue weighted by molar-refractivity contribution is 7.99. The SMILES string of the molecule is CC(C)(C)NCc1ccc(Sc2ccc(Cl)cc2)cc1. The molecule has 0 bridgehead atoms. The lowest BCUT2D eigenvalue weighted by Gasteiger charge is -2.20. The van der Waals surface area contributed by atoms with Crippen molar-refractivity contribution in [1.29, 1.82) is 0 Å². The summed E-state index contributed by atoms with van der Waals surface area (Å²) in [6.07, 6.45) is 0. The molecule has 3 heteroatoms. The normalized spacial score (nSPS) is 11.6. The van der Waals surface area contributed by atoms with Crippen LogP contribution >= 0.6 is 23.4 Å². The summed E-state index contributed by atoms with van der Waals surface area (Å²) < 4.78 is 0. The van der Waals surface area contributed by atoms with Crippen LogP contribution in [0.3, 0.4) is 0 Å². The van der Waals surface area contributed by atoms with E-state index in [2.05, 4.69) is 50.4 Å². The third-order valence-electron chi connectivity index (χ3n) is 2.80. The lowest BCUT2D eigenvalue weighted by molar-refractivity contribution is 0.424. The van der Waals surface area contributed by atoms with Crippen LogP contribution in [0.25, 0.3) is 0 Å². The van der Waals surface area contributed by atoms with Crippen LogP contribution in [0, 0.1) is 0 Å². The van der Waals surface area contributed by atoms with Crippen molar-refractivity contribution in [3.63, 3.8) is 0 Å². The maximum atomic E-state index is 5.89. The highest BCUT2D eigenvalue weighted by Crippen LogP contribution is 2.28. The summed E-state index contributed by atoms with van der Waals surface area (Å²) in [5.41, 5.74) is 1.46. The minimum atomic E-state index is 0.150. The zero-order valence-electron chi connectivity index (χ0n) is 12.1. The second-order valence-electron chi connectivity index (χ2n) is 5.80. The zero-order chi connectivity index (χ0) is 14.6. The van der Waals surface area contributed by atoms with E-state index >= 15 is 0 Å². The predicted molar refractivity (Wildman–Crippen MR) is 88.6 cm³/mol. The average Bonchev–Trinajstić information content (AvgIpc) is 2.40. The number of halogens is 1. The minimum absolute atomic E-state index is 0.150. The van der Waals surface area contributed by atoms with Crippen molar-refractivity contribution in [1.82, 2.24) is 5.32 Å². The fraction of sp³-hybridized carbons (Fsp3) is 0.294. The van der Waals surface area contributed by atoms with E-state index in [4.69, 9.17) is 11.6 Å². The smallest absolute Gasteiger partial charge is 0.0406 e. The lowest BCUT2D eigenvalue weighted by Crippen LogP contribution is -2.35. The fourth-order valence-corrected chi connectivity index (χ4v) is 2.62. The van der Waals surface area contributed by atoms with Crippen LogP contribution in [0.2, 0.25) is 5.02 Å². The molecule has 0 atom stereocenters. The minimum Gasteiger partial charge on any atom is -0.308 e. The van der Waals surface area contributed by atoms with Crippen molar-refractivity contribution in [2.24, 2.45) is 0 Å². The monoisotopic (exact) mass is 305 g/mol. The van der Waals surface area contributed by atoms with Crippen LogP contribution in [-0.2, 0) is 6.54 Å². The van der Waals surface area contributed by atoms with E-state index < -0.39 is 0 Å². The summed E-state index contributed by atoms with van der Waals surface area (Å²) in [6.45, 7) is 7.43. The summed E-state index contributed by atoms with van der Waals surface area (Å²) in [6, 6.07) is 16.6. The maximum Gasteiger partial charge on any atom is 0.0406 e. The van der Waals surface area contributed by atoms with E-state index in [1.54, 1.807) is 11.8 Å². The summed E-state index contributed by atoms with van der Waals surface area (Å²) in [7, 11) is 0. The molecule has 0 amide bonds. The van der Waals surface area contributed by atoms with Crippen molar-refractivity contribution in [2.45, 2.75) is 42.6 Å². The Hall–Kier alpha value is -0.960. The number of hydrogen-bond acceptors (Lipinski definition) is 2. The predicted octanol–water partition coefficient (Wildman–Crippen LogP) is 5.38. The maximum absolute atomic E-state index is 5.89. The molecule has 0 saturated carbocycles. The molecule has 0 fully saturated rings. The summed E-state index contributed by atoms with van der Waals surface area (Å²) in [5, 5.41) is 4.27. The molecule has 1 N–H and O–H groups in total. The molecule has 0 saturated heterocycles. The second-order valence-corrected chi connectivity index (χ2v) is 7.39. The Kier molecular flexibility index (Phi) is 5.14. The molecule has 106 valence electrons. The summed E-state index contributed by atoms with van der Waals surface area (Å²) in [5.74, 6) is 0. The molecule has 0 aliphatic heterocycles. The van der Waals surface area contributed by atoms with Crippen LogP contribution in [0.5, 0.6) is 0 Å².